The minimum Gasteiger partial charge on any atom is -0.465 e. The molecule has 1 N–H and O–H groups in total. The minimum absolute atomic E-state index is 0.143. The predicted molar refractivity (Wildman–Crippen MR) is 69.9 cm³/mol. The molecule has 2 atom stereocenters. The third kappa shape index (κ3) is 3.12. The lowest BCUT2D eigenvalue weighted by atomic mass is 10.0. The van der Waals surface area contributed by atoms with Crippen LogP contribution in [0.1, 0.15) is 23.7 Å². The second kappa shape index (κ2) is 5.84. The number of anilines is 1. The van der Waals surface area contributed by atoms with Gasteiger partial charge in [0.05, 0.1) is 12.7 Å². The van der Waals surface area contributed by atoms with Crippen LogP contribution in [0.3, 0.4) is 0 Å². The first kappa shape index (κ1) is 13.5. The van der Waals surface area contributed by atoms with Crippen molar-refractivity contribution >= 4 is 17.6 Å². The molecule has 1 heterocycles. The molecule has 0 bridgehead atoms. The summed E-state index contributed by atoms with van der Waals surface area (Å²) in [5.74, 6) is -0.309. The molecule has 5 nitrogen and oxygen atoms in total. The van der Waals surface area contributed by atoms with Crippen molar-refractivity contribution in [3.05, 3.63) is 29.8 Å². The van der Waals surface area contributed by atoms with Crippen LogP contribution in [-0.4, -0.2) is 31.7 Å². The SMILES string of the molecule is COC(=O)c1ccc(NC(=O)C2OCCC2C)cc1. The number of nitrogens with one attached hydrogen (secondary N) is 1. The molecule has 1 aliphatic rings. The summed E-state index contributed by atoms with van der Waals surface area (Å²) in [7, 11) is 1.33. The van der Waals surface area contributed by atoms with Crippen molar-refractivity contribution in [1.29, 1.82) is 0 Å². The molecule has 5 heteroatoms. The van der Waals surface area contributed by atoms with Crippen molar-refractivity contribution in [3.8, 4) is 0 Å². The highest BCUT2D eigenvalue weighted by molar-refractivity contribution is 5.95. The zero-order chi connectivity index (χ0) is 13.8. The van der Waals surface area contributed by atoms with Crippen LogP contribution in [0, 0.1) is 5.92 Å². The van der Waals surface area contributed by atoms with Crippen LogP contribution in [0.15, 0.2) is 24.3 Å². The fraction of sp³-hybridized carbons (Fsp3) is 0.429. The Bertz CT molecular complexity index is 469. The quantitative estimate of drug-likeness (QED) is 0.845. The van der Waals surface area contributed by atoms with Crippen LogP contribution < -0.4 is 5.32 Å². The normalized spacial score (nSPS) is 22.0. The molecule has 0 aliphatic carbocycles. The van der Waals surface area contributed by atoms with Gasteiger partial charge in [0.1, 0.15) is 6.10 Å². The number of carbonyl (C=O) groups excluding carboxylic acids is 2. The molecular weight excluding hydrogens is 246 g/mol. The van der Waals surface area contributed by atoms with Gasteiger partial charge in [-0.2, -0.15) is 0 Å². The first-order valence-corrected chi connectivity index (χ1v) is 6.22. The molecule has 1 fully saturated rings. The Balaban J connectivity index is 1.99. The molecule has 1 aliphatic heterocycles. The number of amides is 1. The van der Waals surface area contributed by atoms with Crippen LogP contribution in [0.5, 0.6) is 0 Å². The summed E-state index contributed by atoms with van der Waals surface area (Å²) in [4.78, 5) is 23.2. The van der Waals surface area contributed by atoms with Crippen LogP contribution in [0.25, 0.3) is 0 Å². The molecule has 0 saturated carbocycles. The Labute approximate surface area is 111 Å². The Morgan fingerprint density at radius 2 is 2.00 bits per heavy atom. The van der Waals surface area contributed by atoms with E-state index in [0.29, 0.717) is 17.9 Å². The van der Waals surface area contributed by atoms with E-state index in [1.807, 2.05) is 6.92 Å². The summed E-state index contributed by atoms with van der Waals surface area (Å²) in [6.45, 7) is 2.62. The van der Waals surface area contributed by atoms with Crippen molar-refractivity contribution in [2.45, 2.75) is 19.4 Å². The molecule has 1 amide bonds. The van der Waals surface area contributed by atoms with Gasteiger partial charge in [0.25, 0.3) is 5.91 Å². The van der Waals surface area contributed by atoms with Gasteiger partial charge in [0, 0.05) is 12.3 Å². The van der Waals surface area contributed by atoms with Crippen molar-refractivity contribution in [3.63, 3.8) is 0 Å². The van der Waals surface area contributed by atoms with E-state index in [0.717, 1.165) is 6.42 Å². The maximum absolute atomic E-state index is 12.0. The maximum atomic E-state index is 12.0. The third-order valence-corrected chi connectivity index (χ3v) is 3.22. The number of methoxy groups -OCH3 is 1. The van der Waals surface area contributed by atoms with Crippen LogP contribution in [0.4, 0.5) is 5.69 Å². The van der Waals surface area contributed by atoms with Crippen molar-refractivity contribution in [2.75, 3.05) is 19.0 Å². The second-order valence-corrected chi connectivity index (χ2v) is 4.62. The van der Waals surface area contributed by atoms with Gasteiger partial charge in [-0.05, 0) is 36.6 Å². The molecule has 0 spiro atoms. The van der Waals surface area contributed by atoms with Gasteiger partial charge in [-0.15, -0.1) is 0 Å². The van der Waals surface area contributed by atoms with Crippen LogP contribution >= 0.6 is 0 Å². The maximum Gasteiger partial charge on any atom is 0.337 e. The third-order valence-electron chi connectivity index (χ3n) is 3.22. The number of carbonyl (C=O) groups is 2. The average molecular weight is 263 g/mol. The molecule has 2 rings (SSSR count). The smallest absolute Gasteiger partial charge is 0.337 e. The summed E-state index contributed by atoms with van der Waals surface area (Å²) < 4.78 is 10.00. The topological polar surface area (TPSA) is 64.6 Å². The van der Waals surface area contributed by atoms with E-state index in [4.69, 9.17) is 4.74 Å². The molecule has 102 valence electrons. The summed E-state index contributed by atoms with van der Waals surface area (Å²) >= 11 is 0. The van der Waals surface area contributed by atoms with E-state index >= 15 is 0 Å². The van der Waals surface area contributed by atoms with Crippen molar-refractivity contribution in [2.24, 2.45) is 5.92 Å². The van der Waals surface area contributed by atoms with Crippen molar-refractivity contribution in [1.82, 2.24) is 0 Å². The Kier molecular flexibility index (Phi) is 4.16. The summed E-state index contributed by atoms with van der Waals surface area (Å²) in [5, 5.41) is 2.78. The summed E-state index contributed by atoms with van der Waals surface area (Å²) in [6, 6.07) is 6.56. The minimum atomic E-state index is -0.398. The lowest BCUT2D eigenvalue weighted by Crippen LogP contribution is -2.31. The first-order valence-electron chi connectivity index (χ1n) is 6.22. The fourth-order valence-electron chi connectivity index (χ4n) is 2.05. The average Bonchev–Trinajstić information content (AvgIpc) is 2.85. The number of hydrogen-bond acceptors (Lipinski definition) is 4. The highest BCUT2D eigenvalue weighted by atomic mass is 16.5. The highest BCUT2D eigenvalue weighted by Gasteiger charge is 2.30. The Hall–Kier alpha value is -1.88. The molecule has 0 aromatic heterocycles. The lowest BCUT2D eigenvalue weighted by molar-refractivity contribution is -0.126. The number of rotatable bonds is 3. The highest BCUT2D eigenvalue weighted by Crippen LogP contribution is 2.21. The molecular formula is C14H17NO4. The zero-order valence-corrected chi connectivity index (χ0v) is 11.0. The first-order chi connectivity index (χ1) is 9.11. The number of benzene rings is 1. The van der Waals surface area contributed by atoms with Crippen LogP contribution in [-0.2, 0) is 14.3 Å². The molecule has 2 unspecified atom stereocenters. The summed E-state index contributed by atoms with van der Waals surface area (Å²) in [6.07, 6.45) is 0.514. The Morgan fingerprint density at radius 1 is 1.32 bits per heavy atom. The molecule has 19 heavy (non-hydrogen) atoms. The standard InChI is InChI=1S/C14H17NO4/c1-9-7-8-19-12(9)13(16)15-11-5-3-10(4-6-11)14(17)18-2/h3-6,9,12H,7-8H2,1-2H3,(H,15,16). The van der Waals surface area contributed by atoms with E-state index < -0.39 is 5.97 Å². The Morgan fingerprint density at radius 3 is 2.53 bits per heavy atom. The van der Waals surface area contributed by atoms with Gasteiger partial charge in [0.2, 0.25) is 0 Å². The van der Waals surface area contributed by atoms with E-state index in [-0.39, 0.29) is 17.9 Å². The zero-order valence-electron chi connectivity index (χ0n) is 11.0. The van der Waals surface area contributed by atoms with E-state index in [2.05, 4.69) is 10.1 Å². The molecule has 1 aromatic carbocycles. The van der Waals surface area contributed by atoms with Gasteiger partial charge in [-0.25, -0.2) is 4.79 Å². The van der Waals surface area contributed by atoms with E-state index in [9.17, 15) is 9.59 Å². The van der Waals surface area contributed by atoms with Crippen LogP contribution in [0.2, 0.25) is 0 Å². The monoisotopic (exact) mass is 263 g/mol. The van der Waals surface area contributed by atoms with Crippen molar-refractivity contribution < 1.29 is 19.1 Å². The van der Waals surface area contributed by atoms with Gasteiger partial charge >= 0.3 is 5.97 Å². The second-order valence-electron chi connectivity index (χ2n) is 4.62. The van der Waals surface area contributed by atoms with E-state index in [1.54, 1.807) is 24.3 Å². The van der Waals surface area contributed by atoms with E-state index in [1.165, 1.54) is 7.11 Å². The summed E-state index contributed by atoms with van der Waals surface area (Å²) in [5.41, 5.74) is 1.09. The number of ether oxygens (including phenoxy) is 2. The fourth-order valence-corrected chi connectivity index (χ4v) is 2.05. The van der Waals surface area contributed by atoms with Gasteiger partial charge in [-0.3, -0.25) is 4.79 Å². The van der Waals surface area contributed by atoms with Gasteiger partial charge in [0.15, 0.2) is 0 Å². The molecule has 0 radical (unpaired) electrons. The molecule has 1 saturated heterocycles. The number of esters is 1. The molecule has 1 aromatic rings. The lowest BCUT2D eigenvalue weighted by Gasteiger charge is -2.14. The van der Waals surface area contributed by atoms with Gasteiger partial charge in [-0.1, -0.05) is 6.92 Å². The van der Waals surface area contributed by atoms with Gasteiger partial charge < -0.3 is 14.8 Å². The largest absolute Gasteiger partial charge is 0.465 e. The predicted octanol–water partition coefficient (Wildman–Crippen LogP) is 1.84. The number of hydrogen-bond donors (Lipinski definition) is 1.